The Morgan fingerprint density at radius 3 is 2.25 bits per heavy atom. The van der Waals surface area contributed by atoms with Gasteiger partial charge >= 0.3 is 7.60 Å². The highest BCUT2D eigenvalue weighted by Gasteiger charge is 2.36. The minimum absolute atomic E-state index is 0.0519. The molecule has 6 nitrogen and oxygen atoms in total. The molecule has 0 saturated heterocycles. The van der Waals surface area contributed by atoms with Gasteiger partial charge in [-0.25, -0.2) is 0 Å². The molecule has 0 spiro atoms. The predicted octanol–water partition coefficient (Wildman–Crippen LogP) is 5.83. The summed E-state index contributed by atoms with van der Waals surface area (Å²) in [6, 6.07) is 6.29. The molecule has 130 valence electrons. The van der Waals surface area contributed by atoms with E-state index < -0.39 is 12.5 Å². The lowest BCUT2D eigenvalue weighted by atomic mass is 10.2. The largest absolute Gasteiger partial charge is 0.368 e. The van der Waals surface area contributed by atoms with Gasteiger partial charge in [0.2, 0.25) is 0 Å². The van der Waals surface area contributed by atoms with Crippen molar-refractivity contribution in [2.75, 3.05) is 13.2 Å². The second kappa shape index (κ2) is 8.36. The van der Waals surface area contributed by atoms with Crippen LogP contribution in [0.3, 0.4) is 0 Å². The standard InChI is InChI=1S/C15H18NO5PS2/c1-4-20-22(19,21-5-2)15-11(3)23-14(24-15)10-12-6-8-13(9-7-12)16(17)18/h6-10H,4-5H2,1-3H3/b14-10+. The highest BCUT2D eigenvalue weighted by atomic mass is 32.2. The molecule has 0 N–H and O–H groups in total. The van der Waals surface area contributed by atoms with Gasteiger partial charge in [0.1, 0.15) is 4.65 Å². The SMILES string of the molecule is CCOP(=O)(OCC)C1=C(C)S/C(=C\c2ccc([N+](=O)[O-])cc2)S1. The summed E-state index contributed by atoms with van der Waals surface area (Å²) in [6.45, 7) is 6.06. The van der Waals surface area contributed by atoms with Gasteiger partial charge in [-0.1, -0.05) is 23.5 Å². The van der Waals surface area contributed by atoms with E-state index in [1.807, 2.05) is 13.0 Å². The van der Waals surface area contributed by atoms with Crippen LogP contribution in [0.1, 0.15) is 26.3 Å². The first-order valence-corrected chi connectivity index (χ1v) is 10.5. The summed E-state index contributed by atoms with van der Waals surface area (Å²) in [6.07, 6.45) is 1.90. The van der Waals surface area contributed by atoms with E-state index in [2.05, 4.69) is 0 Å². The number of hydrogen-bond donors (Lipinski definition) is 0. The van der Waals surface area contributed by atoms with Crippen molar-refractivity contribution in [2.24, 2.45) is 0 Å². The summed E-state index contributed by atoms with van der Waals surface area (Å²) in [5, 5.41) is 10.7. The first-order valence-electron chi connectivity index (χ1n) is 7.32. The third-order valence-electron chi connectivity index (χ3n) is 2.99. The third kappa shape index (κ3) is 4.52. The molecule has 1 heterocycles. The summed E-state index contributed by atoms with van der Waals surface area (Å²) in [7, 11) is -3.29. The van der Waals surface area contributed by atoms with Crippen molar-refractivity contribution in [2.45, 2.75) is 20.8 Å². The van der Waals surface area contributed by atoms with Crippen LogP contribution in [0, 0.1) is 10.1 Å². The Kier molecular flexibility index (Phi) is 6.71. The van der Waals surface area contributed by atoms with Crippen LogP contribution in [-0.2, 0) is 13.6 Å². The highest BCUT2D eigenvalue weighted by Crippen LogP contribution is 2.68. The van der Waals surface area contributed by atoms with Crippen LogP contribution in [-0.4, -0.2) is 18.1 Å². The Balaban J connectivity index is 2.20. The van der Waals surface area contributed by atoms with E-state index in [9.17, 15) is 14.7 Å². The lowest BCUT2D eigenvalue weighted by Gasteiger charge is -2.17. The second-order valence-electron chi connectivity index (χ2n) is 4.71. The van der Waals surface area contributed by atoms with E-state index in [-0.39, 0.29) is 5.69 Å². The van der Waals surface area contributed by atoms with Gasteiger partial charge in [0, 0.05) is 17.0 Å². The molecule has 2 rings (SSSR count). The van der Waals surface area contributed by atoms with E-state index in [0.29, 0.717) is 17.9 Å². The number of benzene rings is 1. The number of nitro benzene ring substituents is 1. The molecule has 0 aliphatic carbocycles. The quantitative estimate of drug-likeness (QED) is 0.331. The van der Waals surface area contributed by atoms with E-state index >= 15 is 0 Å². The van der Waals surface area contributed by atoms with Gasteiger partial charge in [-0.15, -0.1) is 0 Å². The van der Waals surface area contributed by atoms with Gasteiger partial charge in [-0.05, 0) is 44.5 Å². The van der Waals surface area contributed by atoms with E-state index in [1.165, 1.54) is 35.7 Å². The normalized spacial score (nSPS) is 16.9. The smallest absolute Gasteiger partial charge is 0.305 e. The molecule has 0 aromatic heterocycles. The number of non-ortho nitro benzene ring substituents is 1. The molecule has 0 fully saturated rings. The van der Waals surface area contributed by atoms with Crippen molar-refractivity contribution < 1.29 is 18.5 Å². The number of allylic oxidation sites excluding steroid dienone is 1. The average molecular weight is 387 g/mol. The Morgan fingerprint density at radius 1 is 1.17 bits per heavy atom. The van der Waals surface area contributed by atoms with Crippen LogP contribution in [0.4, 0.5) is 5.69 Å². The Morgan fingerprint density at radius 2 is 1.75 bits per heavy atom. The van der Waals surface area contributed by atoms with Gasteiger partial charge in [0.25, 0.3) is 5.69 Å². The summed E-state index contributed by atoms with van der Waals surface area (Å²) in [5.41, 5.74) is 0.892. The van der Waals surface area contributed by atoms with Crippen molar-refractivity contribution in [3.05, 3.63) is 53.7 Å². The molecule has 1 aliphatic rings. The van der Waals surface area contributed by atoms with E-state index in [1.54, 1.807) is 26.0 Å². The van der Waals surface area contributed by atoms with Crippen LogP contribution in [0.15, 0.2) is 38.1 Å². The number of rotatable bonds is 7. The molecular weight excluding hydrogens is 369 g/mol. The third-order valence-corrected chi connectivity index (χ3v) is 8.39. The maximum absolute atomic E-state index is 12.9. The number of hydrogen-bond acceptors (Lipinski definition) is 7. The summed E-state index contributed by atoms with van der Waals surface area (Å²) in [4.78, 5) is 11.1. The zero-order valence-corrected chi connectivity index (χ0v) is 16.1. The fraction of sp³-hybridized carbons (Fsp3) is 0.333. The maximum Gasteiger partial charge on any atom is 0.368 e. The minimum atomic E-state index is -3.29. The fourth-order valence-electron chi connectivity index (χ4n) is 2.01. The molecule has 9 heteroatoms. The molecule has 1 aromatic rings. The number of thioether (sulfide) groups is 2. The molecule has 0 atom stereocenters. The Hall–Kier alpha value is -1.05. The van der Waals surface area contributed by atoms with Crippen LogP contribution < -0.4 is 0 Å². The zero-order valence-electron chi connectivity index (χ0n) is 13.6. The topological polar surface area (TPSA) is 78.7 Å². The minimum Gasteiger partial charge on any atom is -0.305 e. The maximum atomic E-state index is 12.9. The first kappa shape index (κ1) is 19.3. The molecular formula is C15H18NO5PS2. The molecule has 0 amide bonds. The van der Waals surface area contributed by atoms with E-state index in [4.69, 9.17) is 9.05 Å². The lowest BCUT2D eigenvalue weighted by molar-refractivity contribution is -0.384. The molecule has 24 heavy (non-hydrogen) atoms. The molecule has 0 radical (unpaired) electrons. The van der Waals surface area contributed by atoms with Crippen molar-refractivity contribution in [3.63, 3.8) is 0 Å². The fourth-order valence-corrected chi connectivity index (χ4v) is 7.26. The van der Waals surface area contributed by atoms with Gasteiger partial charge in [-0.3, -0.25) is 14.7 Å². The molecule has 0 saturated carbocycles. The monoisotopic (exact) mass is 387 g/mol. The van der Waals surface area contributed by atoms with E-state index in [0.717, 1.165) is 14.7 Å². The molecule has 1 aromatic carbocycles. The molecule has 1 aliphatic heterocycles. The first-order chi connectivity index (χ1) is 11.4. The number of nitro groups is 1. The van der Waals surface area contributed by atoms with Crippen LogP contribution in [0.25, 0.3) is 6.08 Å². The molecule has 0 bridgehead atoms. The lowest BCUT2D eigenvalue weighted by Crippen LogP contribution is -1.96. The second-order valence-corrected chi connectivity index (χ2v) is 9.54. The summed E-state index contributed by atoms with van der Waals surface area (Å²) < 4.78 is 25.3. The molecule has 0 unspecified atom stereocenters. The highest BCUT2D eigenvalue weighted by molar-refractivity contribution is 8.31. The van der Waals surface area contributed by atoms with Crippen LogP contribution in [0.5, 0.6) is 0 Å². The Labute approximate surface area is 149 Å². The van der Waals surface area contributed by atoms with Gasteiger partial charge in [-0.2, -0.15) is 0 Å². The predicted molar refractivity (Wildman–Crippen MR) is 99.8 cm³/mol. The average Bonchev–Trinajstić information content (AvgIpc) is 2.89. The van der Waals surface area contributed by atoms with Crippen molar-refractivity contribution >= 4 is 42.9 Å². The summed E-state index contributed by atoms with van der Waals surface area (Å²) in [5.74, 6) is 0. The Bertz CT molecular complexity index is 720. The van der Waals surface area contributed by atoms with Crippen molar-refractivity contribution in [1.82, 2.24) is 0 Å². The van der Waals surface area contributed by atoms with Gasteiger partial charge < -0.3 is 9.05 Å². The van der Waals surface area contributed by atoms with Gasteiger partial charge in [0.15, 0.2) is 0 Å². The van der Waals surface area contributed by atoms with Crippen molar-refractivity contribution in [1.29, 1.82) is 0 Å². The zero-order chi connectivity index (χ0) is 17.7. The summed E-state index contributed by atoms with van der Waals surface area (Å²) >= 11 is 2.86. The number of nitrogens with zero attached hydrogens (tertiary/aromatic N) is 1. The van der Waals surface area contributed by atoms with Crippen LogP contribution >= 0.6 is 31.1 Å². The van der Waals surface area contributed by atoms with Crippen molar-refractivity contribution in [3.8, 4) is 0 Å². The van der Waals surface area contributed by atoms with Gasteiger partial charge in [0.05, 0.1) is 22.4 Å². The van der Waals surface area contributed by atoms with Crippen LogP contribution in [0.2, 0.25) is 0 Å².